The third-order valence-corrected chi connectivity index (χ3v) is 5.29. The van der Waals surface area contributed by atoms with Gasteiger partial charge in [0.25, 0.3) is 0 Å². The predicted octanol–water partition coefficient (Wildman–Crippen LogP) is 2.14. The van der Waals surface area contributed by atoms with E-state index in [4.69, 9.17) is 0 Å². The second-order valence-corrected chi connectivity index (χ2v) is 7.31. The highest BCUT2D eigenvalue weighted by Gasteiger charge is 2.20. The average Bonchev–Trinajstić information content (AvgIpc) is 2.47. The Balaban J connectivity index is 2.52. The van der Waals surface area contributed by atoms with E-state index in [0.717, 1.165) is 18.6 Å². The number of nitrogens with zero attached hydrogens (tertiary/aromatic N) is 1. The zero-order valence-corrected chi connectivity index (χ0v) is 14.0. The molecule has 0 radical (unpaired) electrons. The molecule has 0 aromatic heterocycles. The van der Waals surface area contributed by atoms with E-state index in [2.05, 4.69) is 5.32 Å². The van der Waals surface area contributed by atoms with Gasteiger partial charge in [0, 0.05) is 26.1 Å². The standard InChI is InChI=1S/C15H23FN2O3S/c1-4-12(2)17-15(19)6-5-11-18(3)22(20,21)14-9-7-13(16)8-10-14/h7-10,12H,4-6,11H2,1-3H3,(H,17,19). The fourth-order valence-electron chi connectivity index (χ4n) is 1.82. The minimum atomic E-state index is -3.65. The van der Waals surface area contributed by atoms with Crippen LogP contribution in [0.2, 0.25) is 0 Å². The maximum atomic E-state index is 12.8. The molecule has 0 saturated heterocycles. The van der Waals surface area contributed by atoms with E-state index in [-0.39, 0.29) is 29.8 Å². The molecule has 1 N–H and O–H groups in total. The summed E-state index contributed by atoms with van der Waals surface area (Å²) >= 11 is 0. The second-order valence-electron chi connectivity index (χ2n) is 5.26. The number of carbonyl (C=O) groups excluding carboxylic acids is 1. The first-order chi connectivity index (χ1) is 10.3. The number of carbonyl (C=O) groups is 1. The van der Waals surface area contributed by atoms with Crippen molar-refractivity contribution in [2.24, 2.45) is 0 Å². The summed E-state index contributed by atoms with van der Waals surface area (Å²) in [5.41, 5.74) is 0. The summed E-state index contributed by atoms with van der Waals surface area (Å²) in [7, 11) is -2.20. The van der Waals surface area contributed by atoms with Gasteiger partial charge in [-0.1, -0.05) is 6.92 Å². The topological polar surface area (TPSA) is 66.5 Å². The summed E-state index contributed by atoms with van der Waals surface area (Å²) in [4.78, 5) is 11.7. The Kier molecular flexibility index (Phi) is 6.96. The summed E-state index contributed by atoms with van der Waals surface area (Å²) in [6.45, 7) is 4.13. The molecular weight excluding hydrogens is 307 g/mol. The van der Waals surface area contributed by atoms with Crippen molar-refractivity contribution in [3.63, 3.8) is 0 Å². The maximum absolute atomic E-state index is 12.8. The van der Waals surface area contributed by atoms with Crippen LogP contribution in [0.5, 0.6) is 0 Å². The molecule has 1 aromatic rings. The third kappa shape index (κ3) is 5.38. The third-order valence-electron chi connectivity index (χ3n) is 3.42. The van der Waals surface area contributed by atoms with Crippen LogP contribution in [-0.2, 0) is 14.8 Å². The van der Waals surface area contributed by atoms with Gasteiger partial charge in [-0.25, -0.2) is 17.1 Å². The van der Waals surface area contributed by atoms with Crippen molar-refractivity contribution in [1.82, 2.24) is 9.62 Å². The lowest BCUT2D eigenvalue weighted by Crippen LogP contribution is -2.33. The lowest BCUT2D eigenvalue weighted by Gasteiger charge is -2.17. The summed E-state index contributed by atoms with van der Waals surface area (Å²) < 4.78 is 38.5. The van der Waals surface area contributed by atoms with Gasteiger partial charge in [0.15, 0.2) is 0 Å². The van der Waals surface area contributed by atoms with Crippen molar-refractivity contribution in [3.8, 4) is 0 Å². The fourth-order valence-corrected chi connectivity index (χ4v) is 3.03. The maximum Gasteiger partial charge on any atom is 0.242 e. The van der Waals surface area contributed by atoms with Crippen molar-refractivity contribution in [2.45, 2.75) is 44.0 Å². The Morgan fingerprint density at radius 1 is 1.32 bits per heavy atom. The number of hydrogen-bond acceptors (Lipinski definition) is 3. The highest BCUT2D eigenvalue weighted by Crippen LogP contribution is 2.15. The molecule has 7 heteroatoms. The summed E-state index contributed by atoms with van der Waals surface area (Å²) in [6, 6.07) is 4.81. The van der Waals surface area contributed by atoms with Crippen molar-refractivity contribution < 1.29 is 17.6 Å². The number of hydrogen-bond donors (Lipinski definition) is 1. The molecule has 0 bridgehead atoms. The Morgan fingerprint density at radius 2 is 1.91 bits per heavy atom. The molecular formula is C15H23FN2O3S. The minimum Gasteiger partial charge on any atom is -0.354 e. The van der Waals surface area contributed by atoms with Crippen LogP contribution in [0.25, 0.3) is 0 Å². The molecule has 1 atom stereocenters. The summed E-state index contributed by atoms with van der Waals surface area (Å²) in [5.74, 6) is -0.565. The Morgan fingerprint density at radius 3 is 2.45 bits per heavy atom. The summed E-state index contributed by atoms with van der Waals surface area (Å²) in [5, 5.41) is 2.83. The van der Waals surface area contributed by atoms with Crippen LogP contribution in [0.3, 0.4) is 0 Å². The quantitative estimate of drug-likeness (QED) is 0.794. The molecule has 1 aromatic carbocycles. The van der Waals surface area contributed by atoms with E-state index in [0.29, 0.717) is 6.42 Å². The first-order valence-electron chi connectivity index (χ1n) is 7.28. The van der Waals surface area contributed by atoms with Crippen molar-refractivity contribution >= 4 is 15.9 Å². The number of rotatable bonds is 8. The van der Waals surface area contributed by atoms with Gasteiger partial charge in [-0.15, -0.1) is 0 Å². The first kappa shape index (κ1) is 18.6. The second kappa shape index (κ2) is 8.24. The van der Waals surface area contributed by atoms with E-state index in [1.54, 1.807) is 0 Å². The number of sulfonamides is 1. The van der Waals surface area contributed by atoms with E-state index >= 15 is 0 Å². The molecule has 1 amide bonds. The van der Waals surface area contributed by atoms with Gasteiger partial charge in [-0.05, 0) is 44.0 Å². The van der Waals surface area contributed by atoms with Gasteiger partial charge in [0.05, 0.1) is 4.90 Å². The van der Waals surface area contributed by atoms with Crippen LogP contribution >= 0.6 is 0 Å². The number of nitrogens with one attached hydrogen (secondary N) is 1. The lowest BCUT2D eigenvalue weighted by molar-refractivity contribution is -0.121. The molecule has 5 nitrogen and oxygen atoms in total. The molecule has 1 rings (SSSR count). The van der Waals surface area contributed by atoms with Gasteiger partial charge in [-0.3, -0.25) is 4.79 Å². The first-order valence-corrected chi connectivity index (χ1v) is 8.72. The Labute approximate surface area is 131 Å². The smallest absolute Gasteiger partial charge is 0.242 e. The molecule has 0 aliphatic carbocycles. The molecule has 0 aliphatic heterocycles. The molecule has 0 fully saturated rings. The summed E-state index contributed by atoms with van der Waals surface area (Å²) in [6.07, 6.45) is 1.55. The molecule has 0 aliphatic rings. The van der Waals surface area contributed by atoms with Gasteiger partial charge in [0.2, 0.25) is 15.9 Å². The van der Waals surface area contributed by atoms with Gasteiger partial charge in [-0.2, -0.15) is 0 Å². The van der Waals surface area contributed by atoms with E-state index in [1.165, 1.54) is 23.5 Å². The van der Waals surface area contributed by atoms with Crippen molar-refractivity contribution in [2.75, 3.05) is 13.6 Å². The average molecular weight is 330 g/mol. The van der Waals surface area contributed by atoms with Gasteiger partial charge in [0.1, 0.15) is 5.82 Å². The van der Waals surface area contributed by atoms with E-state index in [1.807, 2.05) is 13.8 Å². The Hall–Kier alpha value is -1.47. The van der Waals surface area contributed by atoms with Crippen LogP contribution in [0.15, 0.2) is 29.2 Å². The van der Waals surface area contributed by atoms with E-state index in [9.17, 15) is 17.6 Å². The zero-order chi connectivity index (χ0) is 16.8. The van der Waals surface area contributed by atoms with Crippen LogP contribution < -0.4 is 5.32 Å². The molecule has 22 heavy (non-hydrogen) atoms. The van der Waals surface area contributed by atoms with Gasteiger partial charge < -0.3 is 5.32 Å². The largest absolute Gasteiger partial charge is 0.354 e. The predicted molar refractivity (Wildman–Crippen MR) is 83.3 cm³/mol. The monoisotopic (exact) mass is 330 g/mol. The molecule has 124 valence electrons. The number of halogens is 1. The number of amides is 1. The van der Waals surface area contributed by atoms with E-state index < -0.39 is 15.8 Å². The normalized spacial score (nSPS) is 13.1. The highest BCUT2D eigenvalue weighted by atomic mass is 32.2. The van der Waals surface area contributed by atoms with Gasteiger partial charge >= 0.3 is 0 Å². The molecule has 1 unspecified atom stereocenters. The minimum absolute atomic E-state index is 0.0421. The van der Waals surface area contributed by atoms with Crippen LogP contribution in [0.1, 0.15) is 33.1 Å². The number of benzene rings is 1. The zero-order valence-electron chi connectivity index (χ0n) is 13.2. The van der Waals surface area contributed by atoms with Crippen molar-refractivity contribution in [1.29, 1.82) is 0 Å². The fraction of sp³-hybridized carbons (Fsp3) is 0.533. The molecule has 0 spiro atoms. The Bertz CT molecular complexity index is 587. The SMILES string of the molecule is CCC(C)NC(=O)CCCN(C)S(=O)(=O)c1ccc(F)cc1. The molecule has 0 heterocycles. The van der Waals surface area contributed by atoms with Crippen molar-refractivity contribution in [3.05, 3.63) is 30.1 Å². The molecule has 0 saturated carbocycles. The van der Waals surface area contributed by atoms with Crippen LogP contribution in [0.4, 0.5) is 4.39 Å². The van der Waals surface area contributed by atoms with Crippen LogP contribution in [-0.4, -0.2) is 38.3 Å². The lowest BCUT2D eigenvalue weighted by atomic mass is 10.2. The highest BCUT2D eigenvalue weighted by molar-refractivity contribution is 7.89. The van der Waals surface area contributed by atoms with Crippen LogP contribution in [0, 0.1) is 5.82 Å².